The van der Waals surface area contributed by atoms with Gasteiger partial charge in [0.15, 0.2) is 0 Å². The molecule has 3 aromatic carbocycles. The largest absolute Gasteiger partial charge is 0.486 e. The van der Waals surface area contributed by atoms with Gasteiger partial charge in [-0.25, -0.2) is 0 Å². The Bertz CT molecular complexity index is 1150. The minimum Gasteiger partial charge on any atom is -0.486 e. The number of non-ortho nitro benzene ring substituents is 1. The Balaban J connectivity index is 1.63. The van der Waals surface area contributed by atoms with E-state index in [0.717, 1.165) is 11.1 Å². The molecule has 0 aliphatic rings. The van der Waals surface area contributed by atoms with Gasteiger partial charge in [-0.1, -0.05) is 35.5 Å². The number of nitro groups is 1. The summed E-state index contributed by atoms with van der Waals surface area (Å²) < 4.78 is 7.30. The van der Waals surface area contributed by atoms with Gasteiger partial charge in [0.05, 0.1) is 31.7 Å². The van der Waals surface area contributed by atoms with Crippen molar-refractivity contribution in [3.05, 3.63) is 102 Å². The summed E-state index contributed by atoms with van der Waals surface area (Å²) in [7, 11) is 0. The van der Waals surface area contributed by atoms with E-state index < -0.39 is 4.92 Å². The maximum atomic E-state index is 10.8. The average molecular weight is 545 g/mol. The van der Waals surface area contributed by atoms with Crippen molar-refractivity contribution in [1.29, 1.82) is 5.26 Å². The third-order valence-corrected chi connectivity index (χ3v) is 5.34. The average Bonchev–Trinajstić information content (AvgIpc) is 2.76. The van der Waals surface area contributed by atoms with E-state index in [0.29, 0.717) is 25.8 Å². The summed E-state index contributed by atoms with van der Waals surface area (Å²) in [5.74, 6) is 0.599. The fourth-order valence-corrected chi connectivity index (χ4v) is 4.12. The molecule has 0 N–H and O–H groups in total. The number of nitriles is 1. The van der Waals surface area contributed by atoms with Gasteiger partial charge in [-0.2, -0.15) is 5.26 Å². The van der Waals surface area contributed by atoms with Crippen LogP contribution in [0.2, 0.25) is 0 Å². The number of oxime groups is 1. The van der Waals surface area contributed by atoms with Gasteiger partial charge in [0.1, 0.15) is 19.0 Å². The van der Waals surface area contributed by atoms with E-state index in [1.807, 2.05) is 30.3 Å². The van der Waals surface area contributed by atoms with Crippen LogP contribution in [0, 0.1) is 21.4 Å². The predicted octanol–water partition coefficient (Wildman–Crippen LogP) is 6.12. The molecule has 0 bridgehead atoms. The summed E-state index contributed by atoms with van der Waals surface area (Å²) >= 11 is 6.98. The molecule has 7 nitrogen and oxygen atoms in total. The van der Waals surface area contributed by atoms with Crippen LogP contribution in [0.3, 0.4) is 0 Å². The lowest BCUT2D eigenvalue weighted by Crippen LogP contribution is -2.00. The van der Waals surface area contributed by atoms with Crippen molar-refractivity contribution in [3.8, 4) is 11.8 Å². The van der Waals surface area contributed by atoms with Crippen molar-refractivity contribution in [2.75, 3.05) is 0 Å². The van der Waals surface area contributed by atoms with Gasteiger partial charge < -0.3 is 9.57 Å². The van der Waals surface area contributed by atoms with Crippen LogP contribution in [0.25, 0.3) is 0 Å². The van der Waals surface area contributed by atoms with Gasteiger partial charge in [0, 0.05) is 17.7 Å². The van der Waals surface area contributed by atoms with Crippen LogP contribution < -0.4 is 4.74 Å². The number of nitrogens with zero attached hydrogens (tertiary/aromatic N) is 3. The van der Waals surface area contributed by atoms with E-state index in [2.05, 4.69) is 43.1 Å². The number of halogens is 2. The Morgan fingerprint density at radius 1 is 1.06 bits per heavy atom. The molecule has 0 saturated heterocycles. The molecule has 0 amide bonds. The van der Waals surface area contributed by atoms with Crippen LogP contribution in [0.15, 0.2) is 74.8 Å². The molecule has 156 valence electrons. The first-order valence-electron chi connectivity index (χ1n) is 8.96. The molecule has 0 aliphatic heterocycles. The van der Waals surface area contributed by atoms with Crippen molar-refractivity contribution in [3.63, 3.8) is 0 Å². The number of ether oxygens (including phenoxy) is 1. The lowest BCUT2D eigenvalue weighted by atomic mass is 10.1. The first-order valence-corrected chi connectivity index (χ1v) is 10.5. The number of hydrogen-bond acceptors (Lipinski definition) is 6. The first-order chi connectivity index (χ1) is 15.0. The second kappa shape index (κ2) is 10.7. The molecule has 0 unspecified atom stereocenters. The molecule has 0 aliphatic carbocycles. The van der Waals surface area contributed by atoms with Gasteiger partial charge in [-0.15, -0.1) is 0 Å². The number of rotatable bonds is 8. The highest BCUT2D eigenvalue weighted by molar-refractivity contribution is 9.11. The minimum absolute atomic E-state index is 0.00548. The highest BCUT2D eigenvalue weighted by Gasteiger charge is 2.10. The molecule has 31 heavy (non-hydrogen) atoms. The van der Waals surface area contributed by atoms with E-state index in [9.17, 15) is 15.4 Å². The van der Waals surface area contributed by atoms with Crippen molar-refractivity contribution in [2.45, 2.75) is 13.2 Å². The molecule has 0 radical (unpaired) electrons. The van der Waals surface area contributed by atoms with Crippen LogP contribution >= 0.6 is 31.9 Å². The number of nitro benzene ring substituents is 1. The normalized spacial score (nSPS) is 10.6. The van der Waals surface area contributed by atoms with Crippen molar-refractivity contribution in [2.24, 2.45) is 5.16 Å². The van der Waals surface area contributed by atoms with Crippen LogP contribution in [-0.2, 0) is 18.1 Å². The smallest absolute Gasteiger partial charge is 0.269 e. The second-order valence-corrected chi connectivity index (χ2v) is 8.01. The van der Waals surface area contributed by atoms with E-state index in [1.165, 1.54) is 18.3 Å². The molecular weight excluding hydrogens is 530 g/mol. The first kappa shape index (κ1) is 22.5. The summed E-state index contributed by atoms with van der Waals surface area (Å²) in [6, 6.07) is 19.2. The highest BCUT2D eigenvalue weighted by Crippen LogP contribution is 2.35. The fraction of sp³-hybridized carbons (Fsp3) is 0.0909. The molecule has 9 heteroatoms. The van der Waals surface area contributed by atoms with Crippen LogP contribution in [0.4, 0.5) is 5.69 Å². The Labute approximate surface area is 195 Å². The third kappa shape index (κ3) is 6.13. The summed E-state index contributed by atoms with van der Waals surface area (Å²) in [6.07, 6.45) is 1.53. The standard InChI is InChI=1S/C22H15Br2N3O4/c23-20-9-16(12-26-31-13-15-4-3-7-19(8-15)27(28)29)10-21(24)22(20)30-14-18-6-2-1-5-17(18)11-25/h1-10,12H,13-14H2/b26-12-. The van der Waals surface area contributed by atoms with Crippen LogP contribution in [-0.4, -0.2) is 11.1 Å². The molecule has 3 aromatic rings. The predicted molar refractivity (Wildman–Crippen MR) is 123 cm³/mol. The molecule has 3 rings (SSSR count). The SMILES string of the molecule is N#Cc1ccccc1COc1c(Br)cc(/C=N\OCc2cccc([N+](=O)[O-])c2)cc1Br. The quantitative estimate of drug-likeness (QED) is 0.193. The summed E-state index contributed by atoms with van der Waals surface area (Å²) in [5.41, 5.74) is 2.77. The zero-order chi connectivity index (χ0) is 22.2. The molecule has 0 aromatic heterocycles. The van der Waals surface area contributed by atoms with Crippen molar-refractivity contribution >= 4 is 43.8 Å². The number of hydrogen-bond donors (Lipinski definition) is 0. The molecule has 0 heterocycles. The zero-order valence-electron chi connectivity index (χ0n) is 16.0. The molecule has 0 spiro atoms. The van der Waals surface area contributed by atoms with E-state index >= 15 is 0 Å². The number of benzene rings is 3. The molecule has 0 fully saturated rings. The lowest BCUT2D eigenvalue weighted by Gasteiger charge is -2.12. The van der Waals surface area contributed by atoms with Crippen LogP contribution in [0.1, 0.15) is 22.3 Å². The molecular formula is C22H15Br2N3O4. The summed E-state index contributed by atoms with van der Waals surface area (Å²) in [4.78, 5) is 15.6. The van der Waals surface area contributed by atoms with Crippen molar-refractivity contribution in [1.82, 2.24) is 0 Å². The van der Waals surface area contributed by atoms with Gasteiger partial charge in [0.25, 0.3) is 5.69 Å². The van der Waals surface area contributed by atoms with Gasteiger partial charge in [-0.05, 0) is 61.2 Å². The summed E-state index contributed by atoms with van der Waals surface area (Å²) in [5, 5.41) is 23.9. The molecule has 0 atom stereocenters. The van der Waals surface area contributed by atoms with Gasteiger partial charge in [0.2, 0.25) is 0 Å². The van der Waals surface area contributed by atoms with Crippen molar-refractivity contribution < 1.29 is 14.5 Å². The maximum Gasteiger partial charge on any atom is 0.269 e. The lowest BCUT2D eigenvalue weighted by molar-refractivity contribution is -0.384. The van der Waals surface area contributed by atoms with E-state index in [4.69, 9.17) is 9.57 Å². The Hall–Kier alpha value is -3.22. The Morgan fingerprint density at radius 2 is 1.81 bits per heavy atom. The summed E-state index contributed by atoms with van der Waals surface area (Å²) in [6.45, 7) is 0.362. The topological polar surface area (TPSA) is 97.8 Å². The minimum atomic E-state index is -0.454. The highest BCUT2D eigenvalue weighted by atomic mass is 79.9. The van der Waals surface area contributed by atoms with Gasteiger partial charge >= 0.3 is 0 Å². The second-order valence-electron chi connectivity index (χ2n) is 6.31. The monoisotopic (exact) mass is 543 g/mol. The van der Waals surface area contributed by atoms with Crippen LogP contribution in [0.5, 0.6) is 5.75 Å². The van der Waals surface area contributed by atoms with E-state index in [1.54, 1.807) is 18.2 Å². The Morgan fingerprint density at radius 3 is 2.52 bits per heavy atom. The van der Waals surface area contributed by atoms with Gasteiger partial charge in [-0.3, -0.25) is 10.1 Å². The van der Waals surface area contributed by atoms with E-state index in [-0.39, 0.29) is 18.9 Å². The molecule has 0 saturated carbocycles. The zero-order valence-corrected chi connectivity index (χ0v) is 19.2. The third-order valence-electron chi connectivity index (χ3n) is 4.16. The Kier molecular flexibility index (Phi) is 7.76. The fourth-order valence-electron chi connectivity index (χ4n) is 2.67. The maximum absolute atomic E-state index is 10.8.